The number of aliphatic carboxylic acids is 1. The van der Waals surface area contributed by atoms with Gasteiger partial charge in [0.2, 0.25) is 15.6 Å². The lowest BCUT2D eigenvalue weighted by molar-refractivity contribution is -0.201. The number of halogens is 3. The molecule has 0 aromatic carbocycles. The number of sulfone groups is 1. The standard InChI is InChI=1S/C8H12F3NO6S2/c1-7(6(13)14,8(9,10)11)12-20(17,18)5-2-3-19(15,16)4-5/h5,12H,2-4H2,1H3,(H,13,14). The zero-order valence-corrected chi connectivity index (χ0v) is 11.8. The molecule has 0 spiro atoms. The number of alkyl halides is 3. The zero-order valence-electron chi connectivity index (χ0n) is 10.1. The molecular weight excluding hydrogens is 327 g/mol. The van der Waals surface area contributed by atoms with Gasteiger partial charge in [0.15, 0.2) is 9.84 Å². The van der Waals surface area contributed by atoms with Crippen molar-refractivity contribution in [2.45, 2.75) is 30.3 Å². The number of rotatable bonds is 4. The Kier molecular flexibility index (Phi) is 4.16. The van der Waals surface area contributed by atoms with Crippen LogP contribution < -0.4 is 4.72 Å². The molecule has 1 saturated heterocycles. The highest BCUT2D eigenvalue weighted by atomic mass is 32.2. The molecule has 0 aromatic rings. The topological polar surface area (TPSA) is 118 Å². The van der Waals surface area contributed by atoms with E-state index < -0.39 is 54.3 Å². The number of nitrogens with one attached hydrogen (secondary N) is 1. The second-order valence-corrected chi connectivity index (χ2v) is 8.79. The van der Waals surface area contributed by atoms with Crippen LogP contribution in [0.1, 0.15) is 13.3 Å². The molecule has 1 heterocycles. The molecule has 0 amide bonds. The summed E-state index contributed by atoms with van der Waals surface area (Å²) in [6.45, 7) is 0.163. The summed E-state index contributed by atoms with van der Waals surface area (Å²) >= 11 is 0. The third kappa shape index (κ3) is 3.23. The van der Waals surface area contributed by atoms with Crippen molar-refractivity contribution in [3.63, 3.8) is 0 Å². The van der Waals surface area contributed by atoms with E-state index in [2.05, 4.69) is 0 Å². The molecule has 1 aliphatic heterocycles. The first kappa shape index (κ1) is 17.2. The molecule has 0 saturated carbocycles. The fourth-order valence-corrected chi connectivity index (χ4v) is 5.99. The van der Waals surface area contributed by atoms with E-state index in [1.165, 1.54) is 0 Å². The van der Waals surface area contributed by atoms with Crippen LogP contribution in [0.25, 0.3) is 0 Å². The van der Waals surface area contributed by atoms with E-state index in [-0.39, 0.29) is 13.3 Å². The monoisotopic (exact) mass is 339 g/mol. The van der Waals surface area contributed by atoms with Crippen LogP contribution in [-0.2, 0) is 24.7 Å². The van der Waals surface area contributed by atoms with Gasteiger partial charge < -0.3 is 5.11 Å². The second-order valence-electron chi connectivity index (χ2n) is 4.60. The van der Waals surface area contributed by atoms with Gasteiger partial charge in [-0.25, -0.2) is 21.6 Å². The molecule has 7 nitrogen and oxygen atoms in total. The molecule has 20 heavy (non-hydrogen) atoms. The van der Waals surface area contributed by atoms with Crippen molar-refractivity contribution in [3.05, 3.63) is 0 Å². The summed E-state index contributed by atoms with van der Waals surface area (Å²) < 4.78 is 85.0. The van der Waals surface area contributed by atoms with E-state index in [0.717, 1.165) is 4.72 Å². The second kappa shape index (κ2) is 4.84. The Morgan fingerprint density at radius 1 is 1.35 bits per heavy atom. The third-order valence-electron chi connectivity index (χ3n) is 2.97. The molecule has 1 rings (SSSR count). The molecule has 0 bridgehead atoms. The summed E-state index contributed by atoms with van der Waals surface area (Å²) in [6.07, 6.45) is -5.74. The van der Waals surface area contributed by atoms with Crippen molar-refractivity contribution in [2.24, 2.45) is 0 Å². The van der Waals surface area contributed by atoms with Gasteiger partial charge in [-0.05, 0) is 13.3 Å². The highest BCUT2D eigenvalue weighted by Crippen LogP contribution is 2.32. The lowest BCUT2D eigenvalue weighted by atomic mass is 10.0. The molecule has 1 aliphatic rings. The third-order valence-corrected chi connectivity index (χ3v) is 6.92. The summed E-state index contributed by atoms with van der Waals surface area (Å²) in [4.78, 5) is 10.7. The van der Waals surface area contributed by atoms with Gasteiger partial charge in [0.05, 0.1) is 16.8 Å². The maximum Gasteiger partial charge on any atom is 0.418 e. The fraction of sp³-hybridized carbons (Fsp3) is 0.875. The van der Waals surface area contributed by atoms with Gasteiger partial charge >= 0.3 is 12.1 Å². The lowest BCUT2D eigenvalue weighted by Crippen LogP contribution is -2.63. The van der Waals surface area contributed by atoms with Crippen LogP contribution in [0.4, 0.5) is 13.2 Å². The molecule has 0 aromatic heterocycles. The van der Waals surface area contributed by atoms with Gasteiger partial charge in [-0.1, -0.05) is 0 Å². The van der Waals surface area contributed by atoms with Crippen LogP contribution >= 0.6 is 0 Å². The van der Waals surface area contributed by atoms with Gasteiger partial charge in [0, 0.05) is 0 Å². The molecule has 2 unspecified atom stereocenters. The number of hydrogen-bond acceptors (Lipinski definition) is 5. The van der Waals surface area contributed by atoms with Crippen molar-refractivity contribution < 1.29 is 39.9 Å². The van der Waals surface area contributed by atoms with Gasteiger partial charge in [-0.15, -0.1) is 0 Å². The van der Waals surface area contributed by atoms with E-state index in [1.54, 1.807) is 0 Å². The SMILES string of the molecule is CC(NS(=O)(=O)C1CCS(=O)(=O)C1)(C(=O)O)C(F)(F)F. The minimum absolute atomic E-state index is 0.163. The number of sulfonamides is 1. The van der Waals surface area contributed by atoms with Gasteiger partial charge in [0.25, 0.3) is 0 Å². The Morgan fingerprint density at radius 2 is 1.85 bits per heavy atom. The van der Waals surface area contributed by atoms with Crippen LogP contribution in [0.15, 0.2) is 0 Å². The summed E-state index contributed by atoms with van der Waals surface area (Å²) in [5, 5.41) is 7.02. The van der Waals surface area contributed by atoms with Gasteiger partial charge in [0.1, 0.15) is 0 Å². The molecule has 2 N–H and O–H groups in total. The Labute approximate surface area is 113 Å². The van der Waals surface area contributed by atoms with E-state index in [4.69, 9.17) is 5.11 Å². The number of carbonyl (C=O) groups is 1. The average molecular weight is 339 g/mol. The van der Waals surface area contributed by atoms with Gasteiger partial charge in [-0.3, -0.25) is 0 Å². The Bertz CT molecular complexity index is 611. The van der Waals surface area contributed by atoms with Crippen LogP contribution in [0.5, 0.6) is 0 Å². The predicted molar refractivity (Wildman–Crippen MR) is 61.2 cm³/mol. The van der Waals surface area contributed by atoms with E-state index in [1.807, 2.05) is 0 Å². The summed E-state index contributed by atoms with van der Waals surface area (Å²) in [5.74, 6) is -3.71. The van der Waals surface area contributed by atoms with Crippen LogP contribution in [0, 0.1) is 0 Å². The van der Waals surface area contributed by atoms with Crippen molar-refractivity contribution >= 4 is 25.8 Å². The highest BCUT2D eigenvalue weighted by Gasteiger charge is 2.60. The minimum atomic E-state index is -5.37. The molecule has 2 atom stereocenters. The molecule has 0 aliphatic carbocycles. The molecule has 118 valence electrons. The maximum absolute atomic E-state index is 12.7. The molecular formula is C8H12F3NO6S2. The van der Waals surface area contributed by atoms with E-state index >= 15 is 0 Å². The summed E-state index contributed by atoms with van der Waals surface area (Å²) in [5.41, 5.74) is -3.71. The fourth-order valence-electron chi connectivity index (χ4n) is 1.60. The number of carboxylic acids is 1. The Morgan fingerprint density at radius 3 is 2.15 bits per heavy atom. The summed E-state index contributed by atoms with van der Waals surface area (Å²) in [6, 6.07) is 0. The molecule has 1 fully saturated rings. The van der Waals surface area contributed by atoms with Crippen molar-refractivity contribution in [1.82, 2.24) is 4.72 Å². The lowest BCUT2D eigenvalue weighted by Gasteiger charge is -2.29. The first-order valence-corrected chi connectivity index (χ1v) is 8.61. The van der Waals surface area contributed by atoms with E-state index in [9.17, 15) is 34.8 Å². The Balaban J connectivity index is 3.10. The first-order chi connectivity index (χ1) is 8.71. The normalized spacial score (nSPS) is 26.1. The minimum Gasteiger partial charge on any atom is -0.480 e. The predicted octanol–water partition coefficient (Wildman–Crippen LogP) is -0.501. The number of hydrogen-bond donors (Lipinski definition) is 2. The Hall–Kier alpha value is -0.880. The van der Waals surface area contributed by atoms with Crippen molar-refractivity contribution in [1.29, 1.82) is 0 Å². The highest BCUT2D eigenvalue weighted by molar-refractivity contribution is 7.95. The van der Waals surface area contributed by atoms with E-state index in [0.29, 0.717) is 0 Å². The smallest absolute Gasteiger partial charge is 0.418 e. The number of carboxylic acid groups (broad SMARTS) is 1. The van der Waals surface area contributed by atoms with Crippen LogP contribution in [-0.4, -0.2) is 56.4 Å². The van der Waals surface area contributed by atoms with Crippen molar-refractivity contribution in [3.8, 4) is 0 Å². The van der Waals surface area contributed by atoms with Crippen LogP contribution in [0.2, 0.25) is 0 Å². The van der Waals surface area contributed by atoms with Gasteiger partial charge in [-0.2, -0.15) is 17.9 Å². The quantitative estimate of drug-likeness (QED) is 0.713. The zero-order chi connectivity index (χ0) is 16.0. The maximum atomic E-state index is 12.7. The molecule has 12 heteroatoms. The van der Waals surface area contributed by atoms with Crippen LogP contribution in [0.3, 0.4) is 0 Å². The first-order valence-electron chi connectivity index (χ1n) is 5.25. The molecule has 0 radical (unpaired) electrons. The largest absolute Gasteiger partial charge is 0.480 e. The van der Waals surface area contributed by atoms with Crippen molar-refractivity contribution in [2.75, 3.05) is 11.5 Å². The average Bonchev–Trinajstić information content (AvgIpc) is 2.56. The summed E-state index contributed by atoms with van der Waals surface area (Å²) in [7, 11) is -8.38.